The van der Waals surface area contributed by atoms with Crippen LogP contribution in [0.2, 0.25) is 0 Å². The lowest BCUT2D eigenvalue weighted by atomic mass is 10.1. The van der Waals surface area contributed by atoms with Gasteiger partial charge in [-0.25, -0.2) is 4.79 Å². The van der Waals surface area contributed by atoms with Gasteiger partial charge in [0, 0.05) is 13.1 Å². The summed E-state index contributed by atoms with van der Waals surface area (Å²) >= 11 is 0. The quantitative estimate of drug-likeness (QED) is 0.531. The van der Waals surface area contributed by atoms with E-state index in [0.717, 1.165) is 25.9 Å². The fourth-order valence-electron chi connectivity index (χ4n) is 1.75. The van der Waals surface area contributed by atoms with Gasteiger partial charge in [0.25, 0.3) is 0 Å². The van der Waals surface area contributed by atoms with Gasteiger partial charge in [-0.2, -0.15) is 0 Å². The Morgan fingerprint density at radius 3 is 1.59 bits per heavy atom. The average molecular weight is 242 g/mol. The number of hydrogen-bond acceptors (Lipinski definition) is 1. The van der Waals surface area contributed by atoms with E-state index in [0.29, 0.717) is 0 Å². The van der Waals surface area contributed by atoms with Crippen molar-refractivity contribution in [3.8, 4) is 0 Å². The van der Waals surface area contributed by atoms with Gasteiger partial charge in [0.2, 0.25) is 0 Å². The Balaban J connectivity index is 3.12. The van der Waals surface area contributed by atoms with Gasteiger partial charge in [-0.1, -0.05) is 58.8 Å². The molecule has 0 aliphatic carbocycles. The first-order valence-corrected chi connectivity index (χ1v) is 7.33. The summed E-state index contributed by atoms with van der Waals surface area (Å²) in [6, 6.07) is -0.00279. The zero-order valence-electron chi connectivity index (χ0n) is 11.7. The van der Waals surface area contributed by atoms with Crippen LogP contribution in [-0.4, -0.2) is 19.1 Å². The summed E-state index contributed by atoms with van der Waals surface area (Å²) in [6.45, 7) is 6.02. The van der Waals surface area contributed by atoms with Crippen molar-refractivity contribution in [2.45, 2.75) is 71.6 Å². The van der Waals surface area contributed by atoms with Crippen LogP contribution in [0.15, 0.2) is 0 Å². The second kappa shape index (κ2) is 13.3. The number of urea groups is 1. The molecule has 3 nitrogen and oxygen atoms in total. The highest BCUT2D eigenvalue weighted by Crippen LogP contribution is 2.01. The zero-order valence-corrected chi connectivity index (χ0v) is 11.7. The topological polar surface area (TPSA) is 41.1 Å². The normalized spacial score (nSPS) is 10.2. The van der Waals surface area contributed by atoms with Gasteiger partial charge in [0.15, 0.2) is 0 Å². The molecule has 102 valence electrons. The van der Waals surface area contributed by atoms with Crippen LogP contribution in [0, 0.1) is 0 Å². The van der Waals surface area contributed by atoms with Crippen molar-refractivity contribution < 1.29 is 4.79 Å². The smallest absolute Gasteiger partial charge is 0.314 e. The summed E-state index contributed by atoms with van der Waals surface area (Å²) in [4.78, 5) is 11.3. The third-order valence-electron chi connectivity index (χ3n) is 2.88. The Morgan fingerprint density at radius 2 is 1.12 bits per heavy atom. The molecule has 0 heterocycles. The van der Waals surface area contributed by atoms with Gasteiger partial charge in [-0.05, 0) is 12.8 Å². The van der Waals surface area contributed by atoms with Gasteiger partial charge in [-0.15, -0.1) is 0 Å². The third-order valence-corrected chi connectivity index (χ3v) is 2.88. The van der Waals surface area contributed by atoms with Crippen LogP contribution in [0.1, 0.15) is 71.6 Å². The Labute approximate surface area is 107 Å². The first-order chi connectivity index (χ1) is 8.31. The molecule has 3 heteroatoms. The minimum absolute atomic E-state index is 0.00279. The van der Waals surface area contributed by atoms with Gasteiger partial charge in [-0.3, -0.25) is 0 Å². The largest absolute Gasteiger partial charge is 0.338 e. The van der Waals surface area contributed by atoms with Crippen LogP contribution in [0.3, 0.4) is 0 Å². The molecule has 2 amide bonds. The molecule has 0 aliphatic heterocycles. The van der Waals surface area contributed by atoms with Crippen molar-refractivity contribution in [1.29, 1.82) is 0 Å². The predicted molar refractivity (Wildman–Crippen MR) is 74.3 cm³/mol. The van der Waals surface area contributed by atoms with Gasteiger partial charge < -0.3 is 10.6 Å². The van der Waals surface area contributed by atoms with E-state index >= 15 is 0 Å². The van der Waals surface area contributed by atoms with E-state index in [4.69, 9.17) is 0 Å². The molecule has 0 bridgehead atoms. The highest BCUT2D eigenvalue weighted by atomic mass is 16.2. The van der Waals surface area contributed by atoms with E-state index in [-0.39, 0.29) is 6.03 Å². The Kier molecular flexibility index (Phi) is 12.8. The molecule has 0 radical (unpaired) electrons. The van der Waals surface area contributed by atoms with Crippen molar-refractivity contribution in [3.05, 3.63) is 0 Å². The Bertz CT molecular complexity index is 172. The summed E-state index contributed by atoms with van der Waals surface area (Å²) in [5.41, 5.74) is 0. The Hall–Kier alpha value is -0.730. The first-order valence-electron chi connectivity index (χ1n) is 7.33. The van der Waals surface area contributed by atoms with Crippen LogP contribution in [-0.2, 0) is 0 Å². The minimum atomic E-state index is -0.00279. The molecule has 0 saturated heterocycles. The molecule has 0 aromatic heterocycles. The molecule has 0 aromatic carbocycles. The number of amides is 2. The second-order valence-corrected chi connectivity index (χ2v) is 4.66. The molecule has 2 N–H and O–H groups in total. The van der Waals surface area contributed by atoms with E-state index in [2.05, 4.69) is 24.5 Å². The lowest BCUT2D eigenvalue weighted by Crippen LogP contribution is -2.36. The lowest BCUT2D eigenvalue weighted by Gasteiger charge is -2.07. The van der Waals surface area contributed by atoms with Crippen LogP contribution >= 0.6 is 0 Å². The van der Waals surface area contributed by atoms with E-state index in [9.17, 15) is 4.79 Å². The number of carbonyl (C=O) groups excluding carboxylic acids is 1. The summed E-state index contributed by atoms with van der Waals surface area (Å²) < 4.78 is 0. The van der Waals surface area contributed by atoms with Crippen molar-refractivity contribution in [2.75, 3.05) is 13.1 Å². The monoisotopic (exact) mass is 242 g/mol. The van der Waals surface area contributed by atoms with E-state index in [1.54, 1.807) is 0 Å². The maximum absolute atomic E-state index is 11.3. The molecule has 0 aromatic rings. The molecule has 0 aliphatic rings. The maximum atomic E-state index is 11.3. The molecule has 0 atom stereocenters. The number of rotatable bonds is 11. The highest BCUT2D eigenvalue weighted by Gasteiger charge is 1.97. The number of unbranched alkanes of at least 4 members (excludes halogenated alkanes) is 7. The van der Waals surface area contributed by atoms with Crippen LogP contribution in [0.5, 0.6) is 0 Å². The standard InChI is InChI=1S/C14H30N2O/c1-3-5-7-9-11-13-16-14(17)15-12-10-8-6-4-2/h3-13H2,1-2H3,(H2,15,16,17). The summed E-state index contributed by atoms with van der Waals surface area (Å²) in [6.07, 6.45) is 11.0. The van der Waals surface area contributed by atoms with Crippen molar-refractivity contribution in [2.24, 2.45) is 0 Å². The van der Waals surface area contributed by atoms with Crippen LogP contribution in [0.25, 0.3) is 0 Å². The molecular weight excluding hydrogens is 212 g/mol. The molecule has 0 spiro atoms. The molecule has 0 saturated carbocycles. The first kappa shape index (κ1) is 16.3. The minimum Gasteiger partial charge on any atom is -0.338 e. The molecule has 0 unspecified atom stereocenters. The number of nitrogens with one attached hydrogen (secondary N) is 2. The average Bonchev–Trinajstić information content (AvgIpc) is 2.33. The number of hydrogen-bond donors (Lipinski definition) is 2. The van der Waals surface area contributed by atoms with Crippen molar-refractivity contribution in [1.82, 2.24) is 10.6 Å². The van der Waals surface area contributed by atoms with Crippen LogP contribution in [0.4, 0.5) is 4.79 Å². The zero-order chi connectivity index (χ0) is 12.8. The number of carbonyl (C=O) groups is 1. The SMILES string of the molecule is CCCCCCCNC(=O)NCCCCCC. The maximum Gasteiger partial charge on any atom is 0.314 e. The third kappa shape index (κ3) is 13.2. The van der Waals surface area contributed by atoms with Crippen molar-refractivity contribution in [3.63, 3.8) is 0 Å². The van der Waals surface area contributed by atoms with E-state index in [1.165, 1.54) is 44.9 Å². The van der Waals surface area contributed by atoms with E-state index in [1.807, 2.05) is 0 Å². The second-order valence-electron chi connectivity index (χ2n) is 4.66. The highest BCUT2D eigenvalue weighted by molar-refractivity contribution is 5.73. The van der Waals surface area contributed by atoms with Crippen molar-refractivity contribution >= 4 is 6.03 Å². The molecule has 17 heavy (non-hydrogen) atoms. The summed E-state index contributed by atoms with van der Waals surface area (Å²) in [7, 11) is 0. The predicted octanol–water partition coefficient (Wildman–Crippen LogP) is 3.84. The van der Waals surface area contributed by atoms with Crippen LogP contribution < -0.4 is 10.6 Å². The summed E-state index contributed by atoms with van der Waals surface area (Å²) in [5.74, 6) is 0. The molecular formula is C14H30N2O. The van der Waals surface area contributed by atoms with Gasteiger partial charge in [0.05, 0.1) is 0 Å². The van der Waals surface area contributed by atoms with E-state index < -0.39 is 0 Å². The molecule has 0 fully saturated rings. The van der Waals surface area contributed by atoms with Gasteiger partial charge in [0.1, 0.15) is 0 Å². The van der Waals surface area contributed by atoms with Gasteiger partial charge >= 0.3 is 6.03 Å². The lowest BCUT2D eigenvalue weighted by molar-refractivity contribution is 0.240. The Morgan fingerprint density at radius 1 is 0.706 bits per heavy atom. The fourth-order valence-corrected chi connectivity index (χ4v) is 1.75. The molecule has 0 rings (SSSR count). The summed E-state index contributed by atoms with van der Waals surface area (Å²) in [5, 5.41) is 5.79. The fraction of sp³-hybridized carbons (Fsp3) is 0.929.